The molecule has 0 fully saturated rings. The Kier molecular flexibility index (Phi) is 3.56. The lowest BCUT2D eigenvalue weighted by Gasteiger charge is -2.00. The van der Waals surface area contributed by atoms with Crippen LogP contribution < -0.4 is 4.74 Å². The number of allylic oxidation sites excluding steroid dienone is 1. The molecule has 1 aromatic carbocycles. The minimum absolute atomic E-state index is 0.853. The number of ether oxygens (including phenoxy) is 1. The van der Waals surface area contributed by atoms with Crippen LogP contribution in [0, 0.1) is 6.92 Å². The summed E-state index contributed by atoms with van der Waals surface area (Å²) >= 11 is 0. The maximum absolute atomic E-state index is 5.07. The van der Waals surface area contributed by atoms with Gasteiger partial charge in [-0.1, -0.05) is 23.8 Å². The molecule has 1 nitrogen and oxygen atoms in total. The molecule has 1 heteroatoms. The maximum Gasteiger partial charge on any atom is 0.118 e. The lowest BCUT2D eigenvalue weighted by atomic mass is 10.1. The molecule has 1 radical (unpaired) electrons. The first-order valence-electron chi connectivity index (χ1n) is 4.36. The molecular weight excluding hydrogens is 160 g/mol. The Morgan fingerprint density at radius 3 is 2.46 bits per heavy atom. The van der Waals surface area contributed by atoms with Crippen molar-refractivity contribution >= 4 is 6.08 Å². The van der Waals surface area contributed by atoms with Gasteiger partial charge in [-0.25, -0.2) is 0 Å². The Labute approximate surface area is 80.0 Å². The molecule has 0 aliphatic rings. The zero-order valence-corrected chi connectivity index (χ0v) is 8.21. The summed E-state index contributed by atoms with van der Waals surface area (Å²) in [5.41, 5.74) is 2.48. The van der Waals surface area contributed by atoms with Crippen LogP contribution in [0.15, 0.2) is 29.8 Å². The van der Waals surface area contributed by atoms with Crippen LogP contribution in [0.25, 0.3) is 6.08 Å². The zero-order chi connectivity index (χ0) is 9.68. The molecule has 69 valence electrons. The molecule has 0 aromatic heterocycles. The molecule has 1 rings (SSSR count). The minimum Gasteiger partial charge on any atom is -0.497 e. The van der Waals surface area contributed by atoms with Crippen LogP contribution in [0.1, 0.15) is 18.9 Å². The number of methoxy groups -OCH3 is 1. The molecule has 0 amide bonds. The summed E-state index contributed by atoms with van der Waals surface area (Å²) in [6.07, 6.45) is 2.98. The Hall–Kier alpha value is -1.24. The Bertz CT molecular complexity index is 282. The van der Waals surface area contributed by atoms with Crippen molar-refractivity contribution in [3.8, 4) is 5.75 Å². The predicted molar refractivity (Wildman–Crippen MR) is 56.6 cm³/mol. The maximum atomic E-state index is 5.07. The molecule has 0 spiro atoms. The third-order valence-electron chi connectivity index (χ3n) is 1.92. The zero-order valence-electron chi connectivity index (χ0n) is 8.21. The topological polar surface area (TPSA) is 9.23 Å². The lowest BCUT2D eigenvalue weighted by molar-refractivity contribution is 0.415. The van der Waals surface area contributed by atoms with Gasteiger partial charge in [-0.15, -0.1) is 0 Å². The van der Waals surface area contributed by atoms with E-state index in [1.54, 1.807) is 7.11 Å². The quantitative estimate of drug-likeness (QED) is 0.684. The Morgan fingerprint density at radius 1 is 1.38 bits per heavy atom. The van der Waals surface area contributed by atoms with Gasteiger partial charge < -0.3 is 4.74 Å². The van der Waals surface area contributed by atoms with Crippen LogP contribution in [0.4, 0.5) is 0 Å². The van der Waals surface area contributed by atoms with Gasteiger partial charge in [0.05, 0.1) is 7.11 Å². The third-order valence-corrected chi connectivity index (χ3v) is 1.92. The van der Waals surface area contributed by atoms with Crippen LogP contribution in [0.5, 0.6) is 5.75 Å². The summed E-state index contributed by atoms with van der Waals surface area (Å²) in [7, 11) is 1.67. The molecule has 1 aromatic rings. The van der Waals surface area contributed by atoms with E-state index in [9.17, 15) is 0 Å². The van der Waals surface area contributed by atoms with Crippen molar-refractivity contribution in [3.63, 3.8) is 0 Å². The van der Waals surface area contributed by atoms with E-state index in [0.717, 1.165) is 12.2 Å². The van der Waals surface area contributed by atoms with Crippen molar-refractivity contribution in [2.45, 2.75) is 13.3 Å². The second kappa shape index (κ2) is 4.70. The second-order valence-corrected chi connectivity index (χ2v) is 3.01. The van der Waals surface area contributed by atoms with Gasteiger partial charge in [0.15, 0.2) is 0 Å². The molecule has 0 saturated carbocycles. The van der Waals surface area contributed by atoms with Gasteiger partial charge in [-0.3, -0.25) is 0 Å². The third kappa shape index (κ3) is 2.94. The summed E-state index contributed by atoms with van der Waals surface area (Å²) in [6, 6.07) is 8.00. The van der Waals surface area contributed by atoms with E-state index >= 15 is 0 Å². The van der Waals surface area contributed by atoms with Crippen molar-refractivity contribution in [2.75, 3.05) is 7.11 Å². The van der Waals surface area contributed by atoms with E-state index in [2.05, 4.69) is 19.9 Å². The van der Waals surface area contributed by atoms with Gasteiger partial charge in [0.2, 0.25) is 0 Å². The number of hydrogen-bond donors (Lipinski definition) is 0. The highest BCUT2D eigenvalue weighted by atomic mass is 16.5. The molecule has 0 bridgehead atoms. The molecule has 0 unspecified atom stereocenters. The van der Waals surface area contributed by atoms with E-state index in [0.29, 0.717) is 0 Å². The number of benzene rings is 1. The summed E-state index contributed by atoms with van der Waals surface area (Å²) in [5.74, 6) is 0.893. The van der Waals surface area contributed by atoms with Crippen LogP contribution in [-0.4, -0.2) is 7.11 Å². The van der Waals surface area contributed by atoms with E-state index in [-0.39, 0.29) is 0 Å². The number of hydrogen-bond acceptors (Lipinski definition) is 1. The molecular formula is C12H15O. The predicted octanol–water partition coefficient (Wildman–Crippen LogP) is 3.32. The highest BCUT2D eigenvalue weighted by molar-refractivity contribution is 5.53. The highest BCUT2D eigenvalue weighted by Crippen LogP contribution is 2.14. The first-order valence-corrected chi connectivity index (χ1v) is 4.36. The van der Waals surface area contributed by atoms with E-state index in [1.807, 2.05) is 24.3 Å². The highest BCUT2D eigenvalue weighted by Gasteiger charge is 1.91. The molecule has 0 heterocycles. The minimum atomic E-state index is 0.853. The monoisotopic (exact) mass is 175 g/mol. The second-order valence-electron chi connectivity index (χ2n) is 3.01. The normalized spacial score (nSPS) is 11.5. The van der Waals surface area contributed by atoms with Crippen LogP contribution >= 0.6 is 0 Å². The van der Waals surface area contributed by atoms with Crippen molar-refractivity contribution in [3.05, 3.63) is 42.3 Å². The van der Waals surface area contributed by atoms with E-state index in [1.165, 1.54) is 11.1 Å². The Morgan fingerprint density at radius 2 is 2.00 bits per heavy atom. The summed E-state index contributed by atoms with van der Waals surface area (Å²) < 4.78 is 5.07. The first kappa shape index (κ1) is 9.85. The van der Waals surface area contributed by atoms with Gasteiger partial charge in [0.1, 0.15) is 5.75 Å². The van der Waals surface area contributed by atoms with Crippen molar-refractivity contribution in [2.24, 2.45) is 0 Å². The average molecular weight is 175 g/mol. The van der Waals surface area contributed by atoms with Gasteiger partial charge >= 0.3 is 0 Å². The lowest BCUT2D eigenvalue weighted by Crippen LogP contribution is -1.82. The average Bonchev–Trinajstić information content (AvgIpc) is 2.19. The van der Waals surface area contributed by atoms with E-state index < -0.39 is 0 Å². The van der Waals surface area contributed by atoms with Gasteiger partial charge in [-0.05, 0) is 38.0 Å². The van der Waals surface area contributed by atoms with Crippen molar-refractivity contribution < 1.29 is 4.74 Å². The molecule has 0 N–H and O–H groups in total. The standard InChI is InChI=1S/C12H15O/c1-4-10(2)9-11-5-7-12(13-3)8-6-11/h5-9H,1,4H2,2-3H3. The SMILES string of the molecule is [CH2]CC(C)=Cc1ccc(OC)cc1. The summed E-state index contributed by atoms with van der Waals surface area (Å²) in [6.45, 7) is 5.90. The van der Waals surface area contributed by atoms with Crippen LogP contribution in [-0.2, 0) is 0 Å². The fourth-order valence-electron chi connectivity index (χ4n) is 1.06. The van der Waals surface area contributed by atoms with Crippen LogP contribution in [0.3, 0.4) is 0 Å². The molecule has 0 atom stereocenters. The van der Waals surface area contributed by atoms with E-state index in [4.69, 9.17) is 4.74 Å². The fourth-order valence-corrected chi connectivity index (χ4v) is 1.06. The largest absolute Gasteiger partial charge is 0.497 e. The molecule has 13 heavy (non-hydrogen) atoms. The molecule has 0 aliphatic heterocycles. The summed E-state index contributed by atoms with van der Waals surface area (Å²) in [5, 5.41) is 0. The molecule has 0 saturated heterocycles. The van der Waals surface area contributed by atoms with Crippen molar-refractivity contribution in [1.82, 2.24) is 0 Å². The first-order chi connectivity index (χ1) is 6.26. The number of rotatable bonds is 3. The van der Waals surface area contributed by atoms with Crippen molar-refractivity contribution in [1.29, 1.82) is 0 Å². The molecule has 0 aliphatic carbocycles. The summed E-state index contributed by atoms with van der Waals surface area (Å²) in [4.78, 5) is 0. The van der Waals surface area contributed by atoms with Crippen LogP contribution in [0.2, 0.25) is 0 Å². The fraction of sp³-hybridized carbons (Fsp3) is 0.250. The smallest absolute Gasteiger partial charge is 0.118 e. The van der Waals surface area contributed by atoms with Gasteiger partial charge in [-0.2, -0.15) is 0 Å². The van der Waals surface area contributed by atoms with Gasteiger partial charge in [0.25, 0.3) is 0 Å². The van der Waals surface area contributed by atoms with Gasteiger partial charge in [0, 0.05) is 0 Å². The Balaban J connectivity index is 2.80.